The Kier molecular flexibility index (Phi) is 2.83. The van der Waals surface area contributed by atoms with Crippen LogP contribution in [0.2, 0.25) is 0 Å². The van der Waals surface area contributed by atoms with Crippen LogP contribution >= 0.6 is 11.8 Å². The van der Waals surface area contributed by atoms with E-state index in [0.717, 1.165) is 4.90 Å². The summed E-state index contributed by atoms with van der Waals surface area (Å²) in [5, 5.41) is 9.86. The minimum absolute atomic E-state index is 0.381. The van der Waals surface area contributed by atoms with Gasteiger partial charge in [-0.25, -0.2) is 0 Å². The average Bonchev–Trinajstić information content (AvgIpc) is 1.93. The highest BCUT2D eigenvalue weighted by atomic mass is 32.2. The second-order valence-electron chi connectivity index (χ2n) is 2.63. The topological polar surface area (TPSA) is 20.2 Å². The van der Waals surface area contributed by atoms with Gasteiger partial charge in [0, 0.05) is 10.1 Å². The Morgan fingerprint density at radius 2 is 1.91 bits per heavy atom. The van der Waals surface area contributed by atoms with E-state index in [1.807, 2.05) is 18.2 Å². The molecule has 0 saturated carbocycles. The predicted molar refractivity (Wildman–Crippen MR) is 49.1 cm³/mol. The summed E-state index contributed by atoms with van der Waals surface area (Å²) in [4.78, 5) is 0.961. The van der Waals surface area contributed by atoms with Crippen LogP contribution in [0.4, 0.5) is 0 Å². The van der Waals surface area contributed by atoms with E-state index >= 15 is 0 Å². The van der Waals surface area contributed by atoms with E-state index in [1.165, 1.54) is 0 Å². The fraction of sp³-hybridized carbons (Fsp3) is 0.333. The molecule has 1 rings (SSSR count). The van der Waals surface area contributed by atoms with Crippen molar-refractivity contribution in [2.24, 2.45) is 0 Å². The lowest BCUT2D eigenvalue weighted by Crippen LogP contribution is -1.85. The first-order valence-electron chi connectivity index (χ1n) is 3.65. The number of thioether (sulfide) groups is 1. The zero-order valence-corrected chi connectivity index (χ0v) is 7.56. The molecule has 2 heteroatoms. The van der Waals surface area contributed by atoms with E-state index in [9.17, 15) is 5.11 Å². The maximum atomic E-state index is 9.34. The highest BCUT2D eigenvalue weighted by Crippen LogP contribution is 2.30. The number of hydrogen-bond acceptors (Lipinski definition) is 2. The maximum Gasteiger partial charge on any atom is 0.129 e. The van der Waals surface area contributed by atoms with Gasteiger partial charge in [0.25, 0.3) is 0 Å². The quantitative estimate of drug-likeness (QED) is 0.685. The molecule has 1 N–H and O–H groups in total. The van der Waals surface area contributed by atoms with Gasteiger partial charge in [0.05, 0.1) is 0 Å². The second kappa shape index (κ2) is 3.67. The SMILES string of the molecule is CC(C)Sc1ccccc1O. The van der Waals surface area contributed by atoms with Gasteiger partial charge in [0.15, 0.2) is 0 Å². The summed E-state index contributed by atoms with van der Waals surface area (Å²) in [6, 6.07) is 7.41. The Hall–Kier alpha value is -0.630. The highest BCUT2D eigenvalue weighted by Gasteiger charge is 2.01. The maximum absolute atomic E-state index is 9.34. The van der Waals surface area contributed by atoms with Crippen molar-refractivity contribution < 1.29 is 5.11 Å². The summed E-state index contributed by atoms with van der Waals surface area (Å²) in [5.74, 6) is 0.381. The Morgan fingerprint density at radius 3 is 2.45 bits per heavy atom. The summed E-state index contributed by atoms with van der Waals surface area (Å²) in [6.07, 6.45) is 0. The molecule has 1 aromatic rings. The van der Waals surface area contributed by atoms with Crippen LogP contribution in [0.15, 0.2) is 29.2 Å². The number of hydrogen-bond donors (Lipinski definition) is 1. The van der Waals surface area contributed by atoms with Crippen molar-refractivity contribution in [3.8, 4) is 5.75 Å². The Balaban J connectivity index is 2.78. The first-order chi connectivity index (χ1) is 5.20. The fourth-order valence-corrected chi connectivity index (χ4v) is 1.66. The summed E-state index contributed by atoms with van der Waals surface area (Å²) < 4.78 is 0. The van der Waals surface area contributed by atoms with Crippen molar-refractivity contribution in [3.05, 3.63) is 24.3 Å². The zero-order valence-electron chi connectivity index (χ0n) is 6.74. The Morgan fingerprint density at radius 1 is 1.27 bits per heavy atom. The van der Waals surface area contributed by atoms with E-state index in [2.05, 4.69) is 13.8 Å². The molecule has 0 radical (unpaired) electrons. The monoisotopic (exact) mass is 168 g/mol. The number of para-hydroxylation sites is 1. The normalized spacial score (nSPS) is 10.5. The highest BCUT2D eigenvalue weighted by molar-refractivity contribution is 8.00. The third-order valence-corrected chi connectivity index (χ3v) is 2.30. The van der Waals surface area contributed by atoms with E-state index in [1.54, 1.807) is 17.8 Å². The van der Waals surface area contributed by atoms with Gasteiger partial charge in [-0.15, -0.1) is 11.8 Å². The predicted octanol–water partition coefficient (Wildman–Crippen LogP) is 2.89. The number of rotatable bonds is 2. The van der Waals surface area contributed by atoms with Crippen LogP contribution < -0.4 is 0 Å². The van der Waals surface area contributed by atoms with E-state index in [-0.39, 0.29) is 0 Å². The van der Waals surface area contributed by atoms with E-state index in [4.69, 9.17) is 0 Å². The van der Waals surface area contributed by atoms with Gasteiger partial charge < -0.3 is 5.11 Å². The average molecular weight is 168 g/mol. The molecule has 0 saturated heterocycles. The number of aromatic hydroxyl groups is 1. The molecular formula is C9H12OS. The molecule has 1 aromatic carbocycles. The summed E-state index contributed by atoms with van der Waals surface area (Å²) in [7, 11) is 0. The van der Waals surface area contributed by atoms with Crippen LogP contribution in [0.5, 0.6) is 5.75 Å². The molecule has 0 aliphatic rings. The molecule has 60 valence electrons. The molecule has 0 atom stereocenters. The fourth-order valence-electron chi connectivity index (χ4n) is 0.811. The summed E-state index contributed by atoms with van der Waals surface area (Å²) in [6.45, 7) is 4.22. The van der Waals surface area contributed by atoms with Crippen LogP contribution in [0.3, 0.4) is 0 Å². The van der Waals surface area contributed by atoms with Crippen molar-refractivity contribution in [3.63, 3.8) is 0 Å². The van der Waals surface area contributed by atoms with Crippen LogP contribution in [-0.2, 0) is 0 Å². The van der Waals surface area contributed by atoms with E-state index in [0.29, 0.717) is 11.0 Å². The minimum Gasteiger partial charge on any atom is -0.507 e. The van der Waals surface area contributed by atoms with Gasteiger partial charge >= 0.3 is 0 Å². The molecule has 0 heterocycles. The summed E-state index contributed by atoms with van der Waals surface area (Å²) in [5.41, 5.74) is 0. The van der Waals surface area contributed by atoms with Crippen molar-refractivity contribution in [2.45, 2.75) is 24.0 Å². The van der Waals surface area contributed by atoms with Gasteiger partial charge in [0.1, 0.15) is 5.75 Å². The Labute approximate surface area is 71.4 Å². The number of phenolic OH excluding ortho intramolecular Hbond substituents is 1. The van der Waals surface area contributed by atoms with Gasteiger partial charge in [-0.2, -0.15) is 0 Å². The minimum atomic E-state index is 0.381. The molecule has 0 aliphatic heterocycles. The lowest BCUT2D eigenvalue weighted by molar-refractivity contribution is 0.462. The molecule has 0 unspecified atom stereocenters. The molecule has 1 nitrogen and oxygen atoms in total. The van der Waals surface area contributed by atoms with Crippen LogP contribution in [0.25, 0.3) is 0 Å². The van der Waals surface area contributed by atoms with Gasteiger partial charge in [0.2, 0.25) is 0 Å². The van der Waals surface area contributed by atoms with Crippen molar-refractivity contribution in [1.82, 2.24) is 0 Å². The molecule has 0 amide bonds. The molecule has 0 bridgehead atoms. The second-order valence-corrected chi connectivity index (χ2v) is 4.25. The van der Waals surface area contributed by atoms with Crippen molar-refractivity contribution in [2.75, 3.05) is 0 Å². The third kappa shape index (κ3) is 2.46. The molecule has 0 fully saturated rings. The lowest BCUT2D eigenvalue weighted by Gasteiger charge is -2.05. The third-order valence-electron chi connectivity index (χ3n) is 1.23. The zero-order chi connectivity index (χ0) is 8.27. The van der Waals surface area contributed by atoms with Crippen LogP contribution in [0, 0.1) is 0 Å². The van der Waals surface area contributed by atoms with Crippen molar-refractivity contribution >= 4 is 11.8 Å². The largest absolute Gasteiger partial charge is 0.507 e. The molecule has 11 heavy (non-hydrogen) atoms. The van der Waals surface area contributed by atoms with Crippen LogP contribution in [-0.4, -0.2) is 10.4 Å². The molecule has 0 aliphatic carbocycles. The van der Waals surface area contributed by atoms with Crippen LogP contribution in [0.1, 0.15) is 13.8 Å². The first-order valence-corrected chi connectivity index (χ1v) is 4.53. The Bertz CT molecular complexity index is 233. The van der Waals surface area contributed by atoms with Gasteiger partial charge in [-0.05, 0) is 12.1 Å². The first kappa shape index (κ1) is 8.47. The van der Waals surface area contributed by atoms with Gasteiger partial charge in [-0.3, -0.25) is 0 Å². The standard InChI is InChI=1S/C9H12OS/c1-7(2)11-9-6-4-3-5-8(9)10/h3-7,10H,1-2H3. The summed E-state index contributed by atoms with van der Waals surface area (Å²) >= 11 is 1.68. The van der Waals surface area contributed by atoms with E-state index < -0.39 is 0 Å². The molecular weight excluding hydrogens is 156 g/mol. The van der Waals surface area contributed by atoms with Gasteiger partial charge in [-0.1, -0.05) is 26.0 Å². The van der Waals surface area contributed by atoms with Crippen molar-refractivity contribution in [1.29, 1.82) is 0 Å². The molecule has 0 aromatic heterocycles. The number of benzene rings is 1. The smallest absolute Gasteiger partial charge is 0.129 e. The lowest BCUT2D eigenvalue weighted by atomic mass is 10.3. The number of phenols is 1. The molecule has 0 spiro atoms.